The first-order valence-electron chi connectivity index (χ1n) is 10.1. The van der Waals surface area contributed by atoms with E-state index in [2.05, 4.69) is 49.0 Å². The second-order valence-electron chi connectivity index (χ2n) is 7.76. The van der Waals surface area contributed by atoms with Crippen molar-refractivity contribution in [1.82, 2.24) is 30.1 Å². The van der Waals surface area contributed by atoms with E-state index in [-0.39, 0.29) is 24.0 Å². The monoisotopic (exact) mass is 499 g/mol. The number of likely N-dealkylation sites (tertiary alicyclic amines) is 1. The molecule has 28 heavy (non-hydrogen) atoms. The molecule has 8 heteroatoms. The zero-order chi connectivity index (χ0) is 19.1. The molecule has 2 aromatic heterocycles. The van der Waals surface area contributed by atoms with Crippen LogP contribution < -0.4 is 10.6 Å². The molecule has 1 saturated heterocycles. The Morgan fingerprint density at radius 1 is 1.25 bits per heavy atom. The molecule has 0 radical (unpaired) electrons. The molecule has 1 aliphatic heterocycles. The van der Waals surface area contributed by atoms with Gasteiger partial charge in [-0.15, -0.1) is 34.2 Å². The zero-order valence-corrected chi connectivity index (χ0v) is 19.6. The third-order valence-electron chi connectivity index (χ3n) is 5.03. The first-order chi connectivity index (χ1) is 13.2. The predicted octanol–water partition coefficient (Wildman–Crippen LogP) is 2.57. The third-order valence-corrected chi connectivity index (χ3v) is 5.03. The number of halogens is 1. The van der Waals surface area contributed by atoms with Gasteiger partial charge in [0.2, 0.25) is 0 Å². The van der Waals surface area contributed by atoms with Crippen LogP contribution in [-0.2, 0) is 6.42 Å². The summed E-state index contributed by atoms with van der Waals surface area (Å²) in [7, 11) is 1.84. The normalized spacial score (nSPS) is 16.4. The number of nitrogens with one attached hydrogen (secondary N) is 2. The largest absolute Gasteiger partial charge is 0.356 e. The number of aromatic nitrogens is 3. The van der Waals surface area contributed by atoms with Crippen LogP contribution >= 0.6 is 24.0 Å². The van der Waals surface area contributed by atoms with Crippen LogP contribution in [0.3, 0.4) is 0 Å². The van der Waals surface area contributed by atoms with Gasteiger partial charge in [-0.2, -0.15) is 0 Å². The van der Waals surface area contributed by atoms with Crippen LogP contribution in [0.4, 0.5) is 0 Å². The summed E-state index contributed by atoms with van der Waals surface area (Å²) in [5, 5.41) is 15.5. The number of piperidine rings is 1. The quantitative estimate of drug-likeness (QED) is 0.265. The highest BCUT2D eigenvalue weighted by Crippen LogP contribution is 2.12. The molecule has 1 aliphatic rings. The van der Waals surface area contributed by atoms with Gasteiger partial charge in [0.05, 0.1) is 0 Å². The summed E-state index contributed by atoms with van der Waals surface area (Å²) < 4.78 is 2.05. The highest BCUT2D eigenvalue weighted by Gasteiger charge is 2.20. The fourth-order valence-corrected chi connectivity index (χ4v) is 3.68. The lowest BCUT2D eigenvalue weighted by molar-refractivity contribution is 0.187. The molecule has 0 saturated carbocycles. The minimum Gasteiger partial charge on any atom is -0.356 e. The molecule has 3 heterocycles. The van der Waals surface area contributed by atoms with E-state index in [1.807, 2.05) is 31.4 Å². The van der Waals surface area contributed by atoms with Crippen molar-refractivity contribution in [3.05, 3.63) is 30.2 Å². The smallest absolute Gasteiger partial charge is 0.191 e. The minimum absolute atomic E-state index is 0. The molecule has 2 aromatic rings. The number of aryl methyl sites for hydroxylation is 1. The van der Waals surface area contributed by atoms with E-state index in [9.17, 15) is 0 Å². The number of rotatable bonds is 7. The molecule has 0 spiro atoms. The van der Waals surface area contributed by atoms with Crippen LogP contribution in [0.1, 0.15) is 38.9 Å². The second-order valence-corrected chi connectivity index (χ2v) is 7.76. The lowest BCUT2D eigenvalue weighted by atomic mass is 10.0. The Balaban J connectivity index is 0.00000280. The molecule has 0 atom stereocenters. The van der Waals surface area contributed by atoms with E-state index in [0.717, 1.165) is 42.7 Å². The van der Waals surface area contributed by atoms with E-state index < -0.39 is 0 Å². The molecular weight excluding hydrogens is 465 g/mol. The SMILES string of the molecule is CN=C(NCCCc1nnc2ccccn12)NC1CCN(CC(C)C)CC1.I. The summed E-state index contributed by atoms with van der Waals surface area (Å²) in [4.78, 5) is 6.95. The maximum atomic E-state index is 4.38. The fourth-order valence-electron chi connectivity index (χ4n) is 3.68. The Bertz CT molecular complexity index is 735. The summed E-state index contributed by atoms with van der Waals surface area (Å²) in [5.41, 5.74) is 0.904. The fraction of sp³-hybridized carbons (Fsp3) is 0.650. The number of aliphatic imine (C=N–C) groups is 1. The summed E-state index contributed by atoms with van der Waals surface area (Å²) >= 11 is 0. The second kappa shape index (κ2) is 11.5. The van der Waals surface area contributed by atoms with Gasteiger partial charge in [0.25, 0.3) is 0 Å². The van der Waals surface area contributed by atoms with E-state index >= 15 is 0 Å². The molecule has 0 unspecified atom stereocenters. The van der Waals surface area contributed by atoms with Crippen LogP contribution in [0.2, 0.25) is 0 Å². The molecule has 2 N–H and O–H groups in total. The molecule has 0 amide bonds. The lowest BCUT2D eigenvalue weighted by Gasteiger charge is -2.34. The average molecular weight is 499 g/mol. The molecule has 0 aromatic carbocycles. The van der Waals surface area contributed by atoms with Crippen LogP contribution in [0.15, 0.2) is 29.4 Å². The first kappa shape index (κ1) is 22.9. The highest BCUT2D eigenvalue weighted by atomic mass is 127. The number of pyridine rings is 1. The van der Waals surface area contributed by atoms with Gasteiger partial charge >= 0.3 is 0 Å². The summed E-state index contributed by atoms with van der Waals surface area (Å²) in [6.07, 6.45) is 6.26. The number of fused-ring (bicyclic) bond motifs is 1. The standard InChI is InChI=1S/C20H33N7.HI/c1-16(2)15-26-13-9-17(10-14-26)23-20(21-3)22-11-6-8-19-25-24-18-7-4-5-12-27(18)19;/h4-5,7,12,16-17H,6,8-11,13-15H2,1-3H3,(H2,21,22,23);1H. The molecule has 7 nitrogen and oxygen atoms in total. The molecular formula is C20H34IN7. The number of hydrogen-bond acceptors (Lipinski definition) is 4. The Morgan fingerprint density at radius 2 is 2.04 bits per heavy atom. The van der Waals surface area contributed by atoms with E-state index in [1.54, 1.807) is 0 Å². The zero-order valence-electron chi connectivity index (χ0n) is 17.3. The van der Waals surface area contributed by atoms with Gasteiger partial charge in [-0.3, -0.25) is 9.39 Å². The number of guanidine groups is 1. The molecule has 1 fully saturated rings. The van der Waals surface area contributed by atoms with Gasteiger partial charge in [-0.05, 0) is 37.3 Å². The van der Waals surface area contributed by atoms with E-state index in [4.69, 9.17) is 0 Å². The molecule has 0 bridgehead atoms. The number of hydrogen-bond donors (Lipinski definition) is 2. The highest BCUT2D eigenvalue weighted by molar-refractivity contribution is 14.0. The van der Waals surface area contributed by atoms with Gasteiger partial charge < -0.3 is 15.5 Å². The predicted molar refractivity (Wildman–Crippen MR) is 126 cm³/mol. The molecule has 0 aliphatic carbocycles. The van der Waals surface area contributed by atoms with Gasteiger partial charge in [0.1, 0.15) is 5.82 Å². The van der Waals surface area contributed by atoms with Gasteiger partial charge in [0, 0.05) is 51.9 Å². The van der Waals surface area contributed by atoms with Gasteiger partial charge in [-0.25, -0.2) is 0 Å². The summed E-state index contributed by atoms with van der Waals surface area (Å²) in [6.45, 7) is 9.00. The van der Waals surface area contributed by atoms with Crippen molar-refractivity contribution in [3.63, 3.8) is 0 Å². The van der Waals surface area contributed by atoms with Crippen LogP contribution in [-0.4, -0.2) is 64.7 Å². The first-order valence-corrected chi connectivity index (χ1v) is 10.1. The summed E-state index contributed by atoms with van der Waals surface area (Å²) in [6, 6.07) is 6.49. The Kier molecular flexibility index (Phi) is 9.43. The van der Waals surface area contributed by atoms with Crippen molar-refractivity contribution in [2.24, 2.45) is 10.9 Å². The van der Waals surface area contributed by atoms with Gasteiger partial charge in [0.15, 0.2) is 11.6 Å². The Labute approximate surface area is 185 Å². The van der Waals surface area contributed by atoms with Gasteiger partial charge in [-0.1, -0.05) is 19.9 Å². The maximum absolute atomic E-state index is 4.38. The van der Waals surface area contributed by atoms with Crippen molar-refractivity contribution in [2.45, 2.75) is 45.6 Å². The topological polar surface area (TPSA) is 69.8 Å². The average Bonchev–Trinajstić information content (AvgIpc) is 3.08. The van der Waals surface area contributed by atoms with Crippen LogP contribution in [0.5, 0.6) is 0 Å². The number of nitrogens with zero attached hydrogens (tertiary/aromatic N) is 5. The van der Waals surface area contributed by atoms with Crippen molar-refractivity contribution in [1.29, 1.82) is 0 Å². The van der Waals surface area contributed by atoms with E-state index in [1.165, 1.54) is 32.5 Å². The van der Waals surface area contributed by atoms with Crippen molar-refractivity contribution in [2.75, 3.05) is 33.2 Å². The third kappa shape index (κ3) is 6.58. The van der Waals surface area contributed by atoms with E-state index in [0.29, 0.717) is 6.04 Å². The van der Waals surface area contributed by atoms with Crippen molar-refractivity contribution < 1.29 is 0 Å². The lowest BCUT2D eigenvalue weighted by Crippen LogP contribution is -2.49. The van der Waals surface area contributed by atoms with Crippen LogP contribution in [0.25, 0.3) is 5.65 Å². The van der Waals surface area contributed by atoms with Crippen molar-refractivity contribution in [3.8, 4) is 0 Å². The molecule has 3 rings (SSSR count). The Morgan fingerprint density at radius 3 is 2.75 bits per heavy atom. The Hall–Kier alpha value is -1.42. The summed E-state index contributed by atoms with van der Waals surface area (Å²) in [5.74, 6) is 2.66. The molecule has 156 valence electrons. The minimum atomic E-state index is 0. The van der Waals surface area contributed by atoms with Crippen molar-refractivity contribution >= 4 is 35.6 Å². The van der Waals surface area contributed by atoms with Crippen LogP contribution in [0, 0.1) is 5.92 Å². The maximum Gasteiger partial charge on any atom is 0.191 e.